The van der Waals surface area contributed by atoms with Crippen molar-refractivity contribution >= 4 is 39.6 Å². The molecule has 1 aliphatic rings. The number of carboxylic acid groups (broad SMARTS) is 1. The number of thioether (sulfide) groups is 1. The largest absolute Gasteiger partial charge is 0.478 e. The van der Waals surface area contributed by atoms with E-state index in [9.17, 15) is 9.59 Å². The molecule has 1 aromatic rings. The first-order chi connectivity index (χ1) is 9.56. The van der Waals surface area contributed by atoms with Crippen molar-refractivity contribution in [1.29, 1.82) is 0 Å². The van der Waals surface area contributed by atoms with Crippen LogP contribution in [0, 0.1) is 0 Å². The number of aromatic carboxylic acids is 1. The van der Waals surface area contributed by atoms with Crippen molar-refractivity contribution in [3.8, 4) is 0 Å². The first-order valence-electron chi connectivity index (χ1n) is 6.51. The lowest BCUT2D eigenvalue weighted by molar-refractivity contribution is -0.119. The minimum atomic E-state index is -0.977. The van der Waals surface area contributed by atoms with Gasteiger partial charge in [-0.05, 0) is 47.0 Å². The van der Waals surface area contributed by atoms with Crippen molar-refractivity contribution in [2.24, 2.45) is 0 Å². The van der Waals surface area contributed by atoms with Crippen LogP contribution in [0.15, 0.2) is 27.6 Å². The lowest BCUT2D eigenvalue weighted by Crippen LogP contribution is -2.33. The predicted molar refractivity (Wildman–Crippen MR) is 82.2 cm³/mol. The summed E-state index contributed by atoms with van der Waals surface area (Å²) < 4.78 is 0.546. The van der Waals surface area contributed by atoms with Crippen LogP contribution in [0.5, 0.6) is 0 Å². The molecule has 0 atom stereocenters. The second-order valence-electron chi connectivity index (χ2n) is 4.78. The smallest absolute Gasteiger partial charge is 0.336 e. The van der Waals surface area contributed by atoms with Crippen LogP contribution in [-0.4, -0.2) is 28.8 Å². The van der Waals surface area contributed by atoms with E-state index in [-0.39, 0.29) is 11.5 Å². The van der Waals surface area contributed by atoms with Gasteiger partial charge in [0.15, 0.2) is 0 Å². The average molecular weight is 358 g/mol. The highest BCUT2D eigenvalue weighted by atomic mass is 79.9. The van der Waals surface area contributed by atoms with Gasteiger partial charge < -0.3 is 10.4 Å². The molecular weight excluding hydrogens is 342 g/mol. The monoisotopic (exact) mass is 357 g/mol. The molecule has 4 nitrogen and oxygen atoms in total. The molecule has 0 saturated heterocycles. The molecule has 0 aliphatic heterocycles. The van der Waals surface area contributed by atoms with Crippen LogP contribution in [0.4, 0.5) is 0 Å². The fourth-order valence-electron chi connectivity index (χ4n) is 2.25. The minimum absolute atomic E-state index is 0.0155. The molecule has 1 fully saturated rings. The quantitative estimate of drug-likeness (QED) is 0.793. The fraction of sp³-hybridized carbons (Fsp3) is 0.429. The van der Waals surface area contributed by atoms with E-state index >= 15 is 0 Å². The Morgan fingerprint density at radius 3 is 2.70 bits per heavy atom. The Balaban J connectivity index is 1.88. The Hall–Kier alpha value is -1.01. The van der Waals surface area contributed by atoms with Crippen LogP contribution in [0.25, 0.3) is 0 Å². The Morgan fingerprint density at radius 2 is 2.05 bits per heavy atom. The number of carboxylic acids is 1. The van der Waals surface area contributed by atoms with Crippen molar-refractivity contribution in [3.05, 3.63) is 28.2 Å². The average Bonchev–Trinajstić information content (AvgIpc) is 2.90. The molecule has 0 unspecified atom stereocenters. The van der Waals surface area contributed by atoms with Crippen LogP contribution in [-0.2, 0) is 4.79 Å². The van der Waals surface area contributed by atoms with Crippen LogP contribution >= 0.6 is 27.7 Å². The molecule has 1 aliphatic carbocycles. The first-order valence-corrected chi connectivity index (χ1v) is 8.29. The second-order valence-corrected chi connectivity index (χ2v) is 6.69. The Bertz CT molecular complexity index is 515. The third-order valence-corrected chi connectivity index (χ3v) is 4.94. The van der Waals surface area contributed by atoms with Crippen molar-refractivity contribution in [2.45, 2.75) is 36.6 Å². The Morgan fingerprint density at radius 1 is 1.35 bits per heavy atom. The van der Waals surface area contributed by atoms with Crippen LogP contribution in [0.3, 0.4) is 0 Å². The number of hydrogen-bond donors (Lipinski definition) is 2. The number of amides is 1. The van der Waals surface area contributed by atoms with Gasteiger partial charge in [-0.25, -0.2) is 4.79 Å². The normalized spacial score (nSPS) is 15.2. The van der Waals surface area contributed by atoms with E-state index in [0.29, 0.717) is 16.3 Å². The number of carbonyl (C=O) groups is 2. The van der Waals surface area contributed by atoms with Gasteiger partial charge in [0.25, 0.3) is 0 Å². The summed E-state index contributed by atoms with van der Waals surface area (Å²) in [6, 6.07) is 5.41. The van der Waals surface area contributed by atoms with Gasteiger partial charge in [0, 0.05) is 15.4 Å². The van der Waals surface area contributed by atoms with E-state index in [1.807, 2.05) is 6.07 Å². The third kappa shape index (κ3) is 4.24. The molecule has 1 amide bonds. The zero-order chi connectivity index (χ0) is 14.5. The second kappa shape index (κ2) is 7.13. The van der Waals surface area contributed by atoms with Crippen LogP contribution < -0.4 is 5.32 Å². The zero-order valence-electron chi connectivity index (χ0n) is 10.9. The maximum absolute atomic E-state index is 11.8. The fourth-order valence-corrected chi connectivity index (χ4v) is 3.41. The number of benzene rings is 1. The number of carbonyl (C=O) groups excluding carboxylic acids is 1. The Kier molecular flexibility index (Phi) is 5.48. The van der Waals surface area contributed by atoms with E-state index < -0.39 is 5.97 Å². The lowest BCUT2D eigenvalue weighted by Gasteiger charge is -2.11. The highest BCUT2D eigenvalue weighted by Crippen LogP contribution is 2.25. The molecule has 0 heterocycles. The van der Waals surface area contributed by atoms with Crippen molar-refractivity contribution < 1.29 is 14.7 Å². The molecule has 0 radical (unpaired) electrons. The summed E-state index contributed by atoms with van der Waals surface area (Å²) in [4.78, 5) is 23.6. The first kappa shape index (κ1) is 15.4. The Labute approximate surface area is 130 Å². The van der Waals surface area contributed by atoms with Crippen LogP contribution in [0.1, 0.15) is 36.0 Å². The van der Waals surface area contributed by atoms with Crippen molar-refractivity contribution in [2.75, 3.05) is 5.75 Å². The van der Waals surface area contributed by atoms with Gasteiger partial charge in [-0.2, -0.15) is 0 Å². The van der Waals surface area contributed by atoms with E-state index in [1.165, 1.54) is 24.6 Å². The zero-order valence-corrected chi connectivity index (χ0v) is 13.3. The molecule has 1 aromatic carbocycles. The summed E-state index contributed by atoms with van der Waals surface area (Å²) in [7, 11) is 0. The standard InChI is InChI=1S/C14H16BrNO3S/c15-12-6-5-10(7-11(12)14(18)19)20-8-13(17)16-9-3-1-2-4-9/h5-7,9H,1-4,8H2,(H,16,17)(H,18,19). The summed E-state index contributed by atoms with van der Waals surface area (Å²) in [5, 5.41) is 12.1. The predicted octanol–water partition coefficient (Wildman–Crippen LogP) is 3.30. The van der Waals surface area contributed by atoms with E-state index in [1.54, 1.807) is 12.1 Å². The molecule has 108 valence electrons. The van der Waals surface area contributed by atoms with E-state index in [2.05, 4.69) is 21.2 Å². The van der Waals surface area contributed by atoms with Gasteiger partial charge >= 0.3 is 5.97 Å². The minimum Gasteiger partial charge on any atom is -0.478 e. The van der Waals surface area contributed by atoms with Crippen molar-refractivity contribution in [3.63, 3.8) is 0 Å². The molecular formula is C14H16BrNO3S. The van der Waals surface area contributed by atoms with E-state index in [4.69, 9.17) is 5.11 Å². The highest BCUT2D eigenvalue weighted by molar-refractivity contribution is 9.10. The number of hydrogen-bond acceptors (Lipinski definition) is 3. The molecule has 20 heavy (non-hydrogen) atoms. The molecule has 2 rings (SSSR count). The van der Waals surface area contributed by atoms with Gasteiger partial charge in [0.1, 0.15) is 0 Å². The van der Waals surface area contributed by atoms with Gasteiger partial charge in [0.2, 0.25) is 5.91 Å². The molecule has 1 saturated carbocycles. The van der Waals surface area contributed by atoms with Gasteiger partial charge in [-0.3, -0.25) is 4.79 Å². The third-order valence-electron chi connectivity index (χ3n) is 3.26. The maximum atomic E-state index is 11.8. The summed E-state index contributed by atoms with van der Waals surface area (Å²) in [6.45, 7) is 0. The summed E-state index contributed by atoms with van der Waals surface area (Å²) in [5.74, 6) is -0.645. The van der Waals surface area contributed by atoms with Gasteiger partial charge in [-0.15, -0.1) is 11.8 Å². The molecule has 2 N–H and O–H groups in total. The van der Waals surface area contributed by atoms with Gasteiger partial charge in [-0.1, -0.05) is 12.8 Å². The molecule has 6 heteroatoms. The molecule has 0 bridgehead atoms. The van der Waals surface area contributed by atoms with Crippen molar-refractivity contribution in [1.82, 2.24) is 5.32 Å². The summed E-state index contributed by atoms with van der Waals surface area (Å²) >= 11 is 4.56. The summed E-state index contributed by atoms with van der Waals surface area (Å²) in [6.07, 6.45) is 4.51. The lowest BCUT2D eigenvalue weighted by atomic mass is 10.2. The van der Waals surface area contributed by atoms with Crippen LogP contribution in [0.2, 0.25) is 0 Å². The SMILES string of the molecule is O=C(CSc1ccc(Br)c(C(=O)O)c1)NC1CCCC1. The molecule has 0 spiro atoms. The highest BCUT2D eigenvalue weighted by Gasteiger charge is 2.17. The van der Waals surface area contributed by atoms with E-state index in [0.717, 1.165) is 17.7 Å². The topological polar surface area (TPSA) is 66.4 Å². The van der Waals surface area contributed by atoms with Gasteiger partial charge in [0.05, 0.1) is 11.3 Å². The summed E-state index contributed by atoms with van der Waals surface area (Å²) in [5.41, 5.74) is 0.214. The number of halogens is 1. The molecule has 0 aromatic heterocycles. The number of nitrogens with one attached hydrogen (secondary N) is 1. The maximum Gasteiger partial charge on any atom is 0.336 e. The number of rotatable bonds is 5.